The minimum absolute atomic E-state index is 0.0399. The number of rotatable bonds is 7. The summed E-state index contributed by atoms with van der Waals surface area (Å²) in [6.45, 7) is 3.89. The summed E-state index contributed by atoms with van der Waals surface area (Å²) in [5.41, 5.74) is -0.0890. The first-order chi connectivity index (χ1) is 16.3. The van der Waals surface area contributed by atoms with Crippen LogP contribution in [0, 0.1) is 0 Å². The number of thiophene rings is 1. The molecular formula is C24H18F3N3O2S2. The zero-order valence-corrected chi connectivity index (χ0v) is 19.3. The van der Waals surface area contributed by atoms with Gasteiger partial charge in [-0.1, -0.05) is 54.2 Å². The second-order valence-corrected chi connectivity index (χ2v) is 9.18. The van der Waals surface area contributed by atoms with E-state index in [2.05, 4.69) is 16.9 Å². The summed E-state index contributed by atoms with van der Waals surface area (Å²) < 4.78 is 40.1. The van der Waals surface area contributed by atoms with Gasteiger partial charge in [0.15, 0.2) is 5.16 Å². The Morgan fingerprint density at radius 3 is 2.62 bits per heavy atom. The van der Waals surface area contributed by atoms with E-state index in [1.54, 1.807) is 12.1 Å². The van der Waals surface area contributed by atoms with Crippen molar-refractivity contribution in [3.8, 4) is 10.4 Å². The average molecular weight is 502 g/mol. The number of benzene rings is 2. The van der Waals surface area contributed by atoms with Crippen LogP contribution in [0.3, 0.4) is 0 Å². The Kier molecular flexibility index (Phi) is 6.90. The van der Waals surface area contributed by atoms with Crippen molar-refractivity contribution < 1.29 is 18.0 Å². The van der Waals surface area contributed by atoms with E-state index in [0.29, 0.717) is 15.4 Å². The highest BCUT2D eigenvalue weighted by Gasteiger charge is 2.30. The summed E-state index contributed by atoms with van der Waals surface area (Å²) in [7, 11) is 0. The Bertz CT molecular complexity index is 1410. The molecule has 0 aliphatic heterocycles. The number of thioether (sulfide) groups is 1. The number of halogens is 3. The van der Waals surface area contributed by atoms with Crippen LogP contribution < -0.4 is 10.9 Å². The first-order valence-electron chi connectivity index (χ1n) is 10.1. The molecule has 0 saturated heterocycles. The second-order valence-electron chi connectivity index (χ2n) is 7.21. The largest absolute Gasteiger partial charge is 0.416 e. The van der Waals surface area contributed by atoms with E-state index < -0.39 is 17.6 Å². The van der Waals surface area contributed by atoms with E-state index in [4.69, 9.17) is 0 Å². The lowest BCUT2D eigenvalue weighted by Gasteiger charge is -2.11. The van der Waals surface area contributed by atoms with E-state index in [1.165, 1.54) is 28.0 Å². The maximum Gasteiger partial charge on any atom is 0.416 e. The summed E-state index contributed by atoms with van der Waals surface area (Å²) in [5, 5.41) is 3.27. The van der Waals surface area contributed by atoms with Gasteiger partial charge in [-0.2, -0.15) is 13.2 Å². The number of carbonyl (C=O) groups is 1. The van der Waals surface area contributed by atoms with Crippen LogP contribution in [0.1, 0.15) is 5.56 Å². The number of anilines is 1. The van der Waals surface area contributed by atoms with Gasteiger partial charge in [0.25, 0.3) is 5.56 Å². The van der Waals surface area contributed by atoms with Crippen LogP contribution >= 0.6 is 23.1 Å². The normalized spacial score (nSPS) is 11.5. The van der Waals surface area contributed by atoms with E-state index in [9.17, 15) is 22.8 Å². The lowest BCUT2D eigenvalue weighted by Crippen LogP contribution is -2.23. The van der Waals surface area contributed by atoms with E-state index in [1.807, 2.05) is 30.3 Å². The molecular weight excluding hydrogens is 483 g/mol. The number of allylic oxidation sites excluding steroid dienone is 1. The summed E-state index contributed by atoms with van der Waals surface area (Å²) in [5.74, 6) is -0.651. The van der Waals surface area contributed by atoms with Crippen LogP contribution in [0.25, 0.3) is 20.7 Å². The average Bonchev–Trinajstić information content (AvgIpc) is 3.25. The van der Waals surface area contributed by atoms with Crippen molar-refractivity contribution in [1.29, 1.82) is 0 Å². The van der Waals surface area contributed by atoms with Crippen molar-refractivity contribution in [2.24, 2.45) is 0 Å². The van der Waals surface area contributed by atoms with Gasteiger partial charge in [0.2, 0.25) is 5.91 Å². The molecule has 2 heterocycles. The van der Waals surface area contributed by atoms with Crippen LogP contribution in [0.2, 0.25) is 0 Å². The summed E-state index contributed by atoms with van der Waals surface area (Å²) >= 11 is 2.41. The van der Waals surface area contributed by atoms with Crippen LogP contribution in [-0.4, -0.2) is 21.2 Å². The molecule has 10 heteroatoms. The van der Waals surface area contributed by atoms with Crippen molar-refractivity contribution >= 4 is 44.9 Å². The van der Waals surface area contributed by atoms with E-state index in [-0.39, 0.29) is 23.5 Å². The fourth-order valence-electron chi connectivity index (χ4n) is 3.24. The highest BCUT2D eigenvalue weighted by atomic mass is 32.2. The Morgan fingerprint density at radius 1 is 1.15 bits per heavy atom. The fourth-order valence-corrected chi connectivity index (χ4v) is 5.13. The molecule has 0 unspecified atom stereocenters. The van der Waals surface area contributed by atoms with Gasteiger partial charge in [0.1, 0.15) is 4.83 Å². The van der Waals surface area contributed by atoms with Crippen LogP contribution in [0.5, 0.6) is 0 Å². The maximum absolute atomic E-state index is 13.1. The quantitative estimate of drug-likeness (QED) is 0.190. The number of hydrogen-bond acceptors (Lipinski definition) is 5. The summed E-state index contributed by atoms with van der Waals surface area (Å²) in [4.78, 5) is 31.6. The number of carbonyl (C=O) groups excluding carboxylic acids is 1. The zero-order chi connectivity index (χ0) is 24.3. The molecule has 1 N–H and O–H groups in total. The van der Waals surface area contributed by atoms with Gasteiger partial charge >= 0.3 is 6.18 Å². The number of nitrogens with zero attached hydrogens (tertiary/aromatic N) is 2. The molecule has 1 amide bonds. The number of amides is 1. The van der Waals surface area contributed by atoms with Crippen LogP contribution in [0.4, 0.5) is 18.9 Å². The fraction of sp³-hybridized carbons (Fsp3) is 0.125. The van der Waals surface area contributed by atoms with Crippen LogP contribution in [0.15, 0.2) is 83.3 Å². The molecule has 0 aliphatic rings. The topological polar surface area (TPSA) is 64.0 Å². The molecule has 4 rings (SSSR count). The maximum atomic E-state index is 13.1. The molecule has 0 spiro atoms. The molecule has 5 nitrogen and oxygen atoms in total. The Balaban J connectivity index is 1.57. The molecule has 2 aromatic carbocycles. The predicted octanol–water partition coefficient (Wildman–Crippen LogP) is 6.06. The van der Waals surface area contributed by atoms with Gasteiger partial charge in [-0.15, -0.1) is 17.9 Å². The SMILES string of the molecule is C=CCn1c(SCC(=O)Nc2cccc(C(F)(F)F)c2)nc2sc(-c3ccccc3)cc2c1=O. The van der Waals surface area contributed by atoms with Crippen molar-refractivity contribution in [1.82, 2.24) is 9.55 Å². The van der Waals surface area contributed by atoms with Crippen molar-refractivity contribution in [2.45, 2.75) is 17.9 Å². The summed E-state index contributed by atoms with van der Waals surface area (Å²) in [6, 6.07) is 15.8. The third-order valence-corrected chi connectivity index (χ3v) is 6.85. The number of aromatic nitrogens is 2. The minimum Gasteiger partial charge on any atom is -0.325 e. The van der Waals surface area contributed by atoms with Gasteiger partial charge in [-0.3, -0.25) is 14.2 Å². The number of fused-ring (bicyclic) bond motifs is 1. The van der Waals surface area contributed by atoms with E-state index >= 15 is 0 Å². The zero-order valence-electron chi connectivity index (χ0n) is 17.6. The second kappa shape index (κ2) is 9.86. The molecule has 0 atom stereocenters. The Hall–Kier alpha value is -3.37. The highest BCUT2D eigenvalue weighted by Crippen LogP contribution is 2.33. The van der Waals surface area contributed by atoms with Crippen LogP contribution in [-0.2, 0) is 17.5 Å². The third kappa shape index (κ3) is 5.23. The van der Waals surface area contributed by atoms with Gasteiger partial charge < -0.3 is 5.32 Å². The number of nitrogens with one attached hydrogen (secondary N) is 1. The van der Waals surface area contributed by atoms with E-state index in [0.717, 1.165) is 34.3 Å². The molecule has 0 fully saturated rings. The first kappa shape index (κ1) is 23.8. The highest BCUT2D eigenvalue weighted by molar-refractivity contribution is 7.99. The summed E-state index contributed by atoms with van der Waals surface area (Å²) in [6.07, 6.45) is -2.94. The van der Waals surface area contributed by atoms with Crippen molar-refractivity contribution in [3.05, 3.63) is 89.2 Å². The molecule has 34 heavy (non-hydrogen) atoms. The smallest absolute Gasteiger partial charge is 0.325 e. The third-order valence-electron chi connectivity index (χ3n) is 4.79. The Labute approximate surface area is 201 Å². The lowest BCUT2D eigenvalue weighted by atomic mass is 10.2. The monoisotopic (exact) mass is 501 g/mol. The van der Waals surface area contributed by atoms with Gasteiger partial charge in [-0.25, -0.2) is 4.98 Å². The minimum atomic E-state index is -4.51. The number of alkyl halides is 3. The molecule has 0 aliphatic carbocycles. The predicted molar refractivity (Wildman–Crippen MR) is 130 cm³/mol. The molecule has 0 radical (unpaired) electrons. The molecule has 0 saturated carbocycles. The number of hydrogen-bond donors (Lipinski definition) is 1. The van der Waals surface area contributed by atoms with Gasteiger partial charge in [0.05, 0.1) is 16.7 Å². The van der Waals surface area contributed by atoms with Gasteiger partial charge in [-0.05, 0) is 29.8 Å². The van der Waals surface area contributed by atoms with Crippen molar-refractivity contribution in [2.75, 3.05) is 11.1 Å². The standard InChI is InChI=1S/C24H18F3N3O2S2/c1-2-11-30-22(32)18-13-19(15-7-4-3-5-8-15)34-21(18)29-23(30)33-14-20(31)28-17-10-6-9-16(12-17)24(25,26)27/h2-10,12-13H,1,11,14H2,(H,28,31). The first-order valence-corrected chi connectivity index (χ1v) is 11.9. The molecule has 2 aromatic heterocycles. The van der Waals surface area contributed by atoms with Gasteiger partial charge in [0, 0.05) is 17.1 Å². The molecule has 174 valence electrons. The Morgan fingerprint density at radius 2 is 1.91 bits per heavy atom. The lowest BCUT2D eigenvalue weighted by molar-refractivity contribution is -0.137. The molecule has 0 bridgehead atoms. The molecule has 4 aromatic rings. The van der Waals surface area contributed by atoms with Crippen molar-refractivity contribution in [3.63, 3.8) is 0 Å².